The van der Waals surface area contributed by atoms with Crippen LogP contribution in [0.1, 0.15) is 73.2 Å². The molecule has 3 aromatic carbocycles. The fourth-order valence-corrected chi connectivity index (χ4v) is 9.85. The van der Waals surface area contributed by atoms with Crippen LogP contribution >= 0.6 is 11.8 Å². The Labute approximate surface area is 380 Å². The van der Waals surface area contributed by atoms with Gasteiger partial charge in [0.05, 0.1) is 18.9 Å². The second-order valence-corrected chi connectivity index (χ2v) is 18.5. The van der Waals surface area contributed by atoms with Crippen LogP contribution in [0, 0.1) is 0 Å². The lowest BCUT2D eigenvalue weighted by Crippen LogP contribution is -2.54. The van der Waals surface area contributed by atoms with Crippen LogP contribution in [0.15, 0.2) is 95.1 Å². The van der Waals surface area contributed by atoms with Crippen molar-refractivity contribution in [2.45, 2.75) is 73.6 Å². The Morgan fingerprint density at radius 2 is 1.69 bits per heavy atom. The number of piperidine rings is 1. The van der Waals surface area contributed by atoms with Crippen LogP contribution in [0.25, 0.3) is 0 Å². The van der Waals surface area contributed by atoms with Crippen molar-refractivity contribution in [2.75, 3.05) is 61.1 Å². The van der Waals surface area contributed by atoms with Crippen molar-refractivity contribution in [3.63, 3.8) is 0 Å². The zero-order valence-electron chi connectivity index (χ0n) is 36.0. The lowest BCUT2D eigenvalue weighted by Gasteiger charge is -2.38. The average Bonchev–Trinajstić information content (AvgIpc) is 3.92. The summed E-state index contributed by atoms with van der Waals surface area (Å²) in [5, 5.41) is 18.4. The Morgan fingerprint density at radius 3 is 2.46 bits per heavy atom. The Hall–Kier alpha value is -6.06. The number of benzene rings is 3. The first-order chi connectivity index (χ1) is 31.6. The molecular formula is C46H51N13O5S. The summed E-state index contributed by atoms with van der Waals surface area (Å²) >= 11 is 1.51. The minimum absolute atomic E-state index is 0.120. The maximum atomic E-state index is 13.5. The minimum Gasteiger partial charge on any atom is -0.355 e. The second kappa shape index (κ2) is 18.4. The molecule has 3 saturated heterocycles. The number of amides is 3. The van der Waals surface area contributed by atoms with Crippen LogP contribution in [0.3, 0.4) is 0 Å². The van der Waals surface area contributed by atoms with Crippen molar-refractivity contribution in [1.29, 1.82) is 0 Å². The van der Waals surface area contributed by atoms with Gasteiger partial charge in [-0.15, -0.1) is 10.2 Å². The third kappa shape index (κ3) is 9.67. The Bertz CT molecular complexity index is 2560. The van der Waals surface area contributed by atoms with E-state index in [0.717, 1.165) is 103 Å². The lowest BCUT2D eigenvalue weighted by molar-refractivity contribution is -0.281. The lowest BCUT2D eigenvalue weighted by atomic mass is 9.91. The highest BCUT2D eigenvalue weighted by molar-refractivity contribution is 7.99. The monoisotopic (exact) mass is 897 g/mol. The number of anilines is 3. The van der Waals surface area contributed by atoms with Crippen LogP contribution in [0.2, 0.25) is 0 Å². The highest BCUT2D eigenvalue weighted by atomic mass is 32.2. The number of fused-ring (bicyclic) bond motifs is 2. The van der Waals surface area contributed by atoms with E-state index in [1.807, 2.05) is 60.8 Å². The van der Waals surface area contributed by atoms with Crippen molar-refractivity contribution in [1.82, 2.24) is 46.2 Å². The van der Waals surface area contributed by atoms with Gasteiger partial charge in [-0.05, 0) is 103 Å². The predicted molar refractivity (Wildman–Crippen MR) is 243 cm³/mol. The number of hydrogen-bond donors (Lipinski definition) is 5. The summed E-state index contributed by atoms with van der Waals surface area (Å²) in [7, 11) is 0. The zero-order chi connectivity index (χ0) is 44.5. The molecule has 3 fully saturated rings. The average molecular weight is 898 g/mol. The molecule has 4 aliphatic heterocycles. The fraction of sp³-hybridized carbons (Fsp3) is 0.370. The van der Waals surface area contributed by atoms with Crippen LogP contribution in [0.4, 0.5) is 17.3 Å². The molecule has 0 bridgehead atoms. The molecule has 10 rings (SSSR count). The SMILES string of the molecule is CC1(N)CCN(c2cnc(Sc3cccc(NC(=O)c4ccc5c(c4)CC(N4CCN(c6ccc(C(=O)NCc7ccc8c(c7)CN(C7NCONO7)C8=O)nn6)CC4)C5)c3)cn2)CC1. The predicted octanol–water partition coefficient (Wildman–Crippen LogP) is 3.46. The highest BCUT2D eigenvalue weighted by Crippen LogP contribution is 2.32. The fourth-order valence-electron chi connectivity index (χ4n) is 9.07. The van der Waals surface area contributed by atoms with Crippen LogP contribution in [-0.4, -0.2) is 112 Å². The smallest absolute Gasteiger partial charge is 0.272 e. The molecule has 5 aliphatic rings. The molecule has 0 saturated carbocycles. The third-order valence-electron chi connectivity index (χ3n) is 12.9. The molecule has 0 spiro atoms. The van der Waals surface area contributed by atoms with E-state index >= 15 is 0 Å². The summed E-state index contributed by atoms with van der Waals surface area (Å²) in [5.74, 6) is 0.988. The van der Waals surface area contributed by atoms with Crippen molar-refractivity contribution < 1.29 is 24.1 Å². The van der Waals surface area contributed by atoms with Gasteiger partial charge in [0.15, 0.2) is 11.5 Å². The van der Waals surface area contributed by atoms with Crippen molar-refractivity contribution in [2.24, 2.45) is 5.73 Å². The molecule has 1 aliphatic carbocycles. The number of piperazine rings is 1. The van der Waals surface area contributed by atoms with E-state index in [2.05, 4.69) is 69.4 Å². The molecule has 5 aromatic rings. The first-order valence-corrected chi connectivity index (χ1v) is 22.8. The molecule has 3 amide bonds. The Balaban J connectivity index is 0.673. The molecule has 336 valence electrons. The van der Waals surface area contributed by atoms with Crippen LogP contribution in [0.5, 0.6) is 0 Å². The number of carbonyl (C=O) groups is 3. The van der Waals surface area contributed by atoms with Gasteiger partial charge in [0.2, 0.25) is 6.35 Å². The molecule has 65 heavy (non-hydrogen) atoms. The van der Waals surface area contributed by atoms with Crippen LogP contribution in [-0.2, 0) is 35.6 Å². The molecule has 6 N–H and O–H groups in total. The largest absolute Gasteiger partial charge is 0.355 e. The molecular weight excluding hydrogens is 847 g/mol. The Kier molecular flexibility index (Phi) is 12.2. The normalized spacial score (nSPS) is 20.6. The molecule has 2 aromatic heterocycles. The van der Waals surface area contributed by atoms with E-state index in [-0.39, 0.29) is 42.2 Å². The van der Waals surface area contributed by atoms with Crippen molar-refractivity contribution >= 4 is 46.8 Å². The van der Waals surface area contributed by atoms with Gasteiger partial charge in [-0.1, -0.05) is 41.7 Å². The Morgan fingerprint density at radius 1 is 0.862 bits per heavy atom. The van der Waals surface area contributed by atoms with Gasteiger partial charge >= 0.3 is 0 Å². The van der Waals surface area contributed by atoms with E-state index in [4.69, 9.17) is 15.4 Å². The molecule has 18 nitrogen and oxygen atoms in total. The van der Waals surface area contributed by atoms with E-state index in [1.54, 1.807) is 23.2 Å². The van der Waals surface area contributed by atoms with Crippen LogP contribution < -0.4 is 37.1 Å². The van der Waals surface area contributed by atoms with Gasteiger partial charge in [-0.25, -0.2) is 20.1 Å². The molecule has 19 heteroatoms. The minimum atomic E-state index is -0.649. The van der Waals surface area contributed by atoms with E-state index in [9.17, 15) is 14.4 Å². The quantitative estimate of drug-likeness (QED) is 0.129. The number of hydrogen-bond acceptors (Lipinski definition) is 16. The van der Waals surface area contributed by atoms with Gasteiger partial charge in [0, 0.05) is 79.1 Å². The summed E-state index contributed by atoms with van der Waals surface area (Å²) in [6.07, 6.45) is 6.66. The summed E-state index contributed by atoms with van der Waals surface area (Å²) in [4.78, 5) is 68.4. The molecule has 0 radical (unpaired) electrons. The first-order valence-electron chi connectivity index (χ1n) is 22.0. The van der Waals surface area contributed by atoms with Gasteiger partial charge in [0.1, 0.15) is 17.6 Å². The second-order valence-electron chi connectivity index (χ2n) is 17.4. The molecule has 2 unspecified atom stereocenters. The van der Waals surface area contributed by atoms with E-state index < -0.39 is 6.35 Å². The number of aromatic nitrogens is 4. The summed E-state index contributed by atoms with van der Waals surface area (Å²) in [6.45, 7) is 8.00. The standard InChI is InChI=1S/C46H51N13O5S/c1-46(47)11-13-57(14-12-46)40-25-49-41(26-48-40)65-36-4-2-3-34(23-36)52-42(60)31-7-6-30-21-35(22-32(30)20-31)56-15-17-58(18-16-56)39-10-9-38(53-54-39)43(61)50-24-29-5-8-37-33(19-29)27-59(44(37)62)45-51-28-63-55-64-45/h2-10,19-20,23,25-26,35,45,51,55H,11-18,21-22,24,27-28,47H2,1H3,(H,50,61)(H,52,60). The first kappa shape index (κ1) is 42.9. The maximum absolute atomic E-state index is 13.5. The zero-order valence-corrected chi connectivity index (χ0v) is 36.9. The van der Waals surface area contributed by atoms with Crippen molar-refractivity contribution in [3.8, 4) is 0 Å². The maximum Gasteiger partial charge on any atom is 0.272 e. The van der Waals surface area contributed by atoms with Gasteiger partial charge in [0.25, 0.3) is 17.7 Å². The van der Waals surface area contributed by atoms with Gasteiger partial charge < -0.3 is 26.2 Å². The topological polar surface area (TPSA) is 208 Å². The summed E-state index contributed by atoms with van der Waals surface area (Å²) in [5.41, 5.74) is 14.9. The van der Waals surface area contributed by atoms with E-state index in [1.165, 1.54) is 22.9 Å². The number of nitrogens with one attached hydrogen (secondary N) is 4. The molecule has 2 atom stereocenters. The van der Waals surface area contributed by atoms with Gasteiger partial charge in [-0.2, -0.15) is 0 Å². The van der Waals surface area contributed by atoms with Crippen molar-refractivity contribution in [3.05, 3.63) is 124 Å². The third-order valence-corrected chi connectivity index (χ3v) is 13.8. The van der Waals surface area contributed by atoms with Gasteiger partial charge in [-0.3, -0.25) is 29.0 Å². The number of carbonyl (C=O) groups excluding carboxylic acids is 3. The van der Waals surface area contributed by atoms with E-state index in [0.29, 0.717) is 23.7 Å². The number of rotatable bonds is 11. The molecule has 6 heterocycles. The number of nitrogens with two attached hydrogens (primary N) is 1. The summed E-state index contributed by atoms with van der Waals surface area (Å²) < 4.78 is 0. The summed E-state index contributed by atoms with van der Waals surface area (Å²) in [6, 6.07) is 23.3. The highest BCUT2D eigenvalue weighted by Gasteiger charge is 2.35. The number of nitrogens with zero attached hydrogens (tertiary/aromatic N) is 8.